The molecule has 0 amide bonds. The lowest BCUT2D eigenvalue weighted by Gasteiger charge is -2.47. The highest BCUT2D eigenvalue weighted by atomic mass is 16.6. The SMILES string of the molecule is C=C[C@@]1(C=O)C[C@@H](OC(=O)[C@H](C)CC)[C@H]2C(=C)C(=O)O[C@H]2[C@@H]1C(=C)C. The summed E-state index contributed by atoms with van der Waals surface area (Å²) in [5.41, 5.74) is -0.00357. The van der Waals surface area contributed by atoms with Crippen LogP contribution >= 0.6 is 0 Å². The van der Waals surface area contributed by atoms with Crippen LogP contribution in [-0.2, 0) is 23.9 Å². The molecule has 5 nitrogen and oxygen atoms in total. The molecule has 2 aliphatic rings. The molecule has 1 aliphatic heterocycles. The summed E-state index contributed by atoms with van der Waals surface area (Å²) in [5.74, 6) is -2.03. The number of hydrogen-bond acceptors (Lipinski definition) is 5. The van der Waals surface area contributed by atoms with Gasteiger partial charge in [-0.1, -0.05) is 38.7 Å². The number of esters is 2. The van der Waals surface area contributed by atoms with Crippen LogP contribution in [0.3, 0.4) is 0 Å². The van der Waals surface area contributed by atoms with Crippen molar-refractivity contribution in [1.82, 2.24) is 0 Å². The van der Waals surface area contributed by atoms with Crippen LogP contribution in [0, 0.1) is 23.2 Å². The van der Waals surface area contributed by atoms with E-state index in [-0.39, 0.29) is 23.9 Å². The Bertz CT molecular complexity index is 624. The maximum atomic E-state index is 12.3. The van der Waals surface area contributed by atoms with Gasteiger partial charge in [0, 0.05) is 17.9 Å². The number of ether oxygens (including phenoxy) is 2. The van der Waals surface area contributed by atoms with E-state index in [1.165, 1.54) is 0 Å². The van der Waals surface area contributed by atoms with Crippen molar-refractivity contribution in [1.29, 1.82) is 0 Å². The Kier molecular flexibility index (Phi) is 5.35. The van der Waals surface area contributed by atoms with Crippen LogP contribution in [0.5, 0.6) is 0 Å². The molecule has 25 heavy (non-hydrogen) atoms. The minimum Gasteiger partial charge on any atom is -0.461 e. The predicted molar refractivity (Wildman–Crippen MR) is 93.5 cm³/mol. The van der Waals surface area contributed by atoms with Gasteiger partial charge in [0.15, 0.2) is 0 Å². The van der Waals surface area contributed by atoms with Crippen molar-refractivity contribution >= 4 is 18.2 Å². The monoisotopic (exact) mass is 346 g/mol. The molecule has 0 aromatic rings. The lowest BCUT2D eigenvalue weighted by Crippen LogP contribution is -2.53. The first kappa shape index (κ1) is 19.2. The summed E-state index contributed by atoms with van der Waals surface area (Å²) < 4.78 is 11.2. The van der Waals surface area contributed by atoms with Crippen molar-refractivity contribution < 1.29 is 23.9 Å². The molecule has 136 valence electrons. The minimum atomic E-state index is -1.00. The molecule has 2 fully saturated rings. The molecule has 0 unspecified atom stereocenters. The Morgan fingerprint density at radius 2 is 2.16 bits per heavy atom. The van der Waals surface area contributed by atoms with Crippen LogP contribution < -0.4 is 0 Å². The fourth-order valence-electron chi connectivity index (χ4n) is 3.89. The molecule has 1 saturated heterocycles. The van der Waals surface area contributed by atoms with E-state index >= 15 is 0 Å². The highest BCUT2D eigenvalue weighted by Crippen LogP contribution is 2.53. The van der Waals surface area contributed by atoms with Gasteiger partial charge >= 0.3 is 11.9 Å². The first-order chi connectivity index (χ1) is 11.7. The van der Waals surface area contributed by atoms with Crippen LogP contribution in [0.15, 0.2) is 37.0 Å². The zero-order chi connectivity index (χ0) is 18.9. The van der Waals surface area contributed by atoms with Gasteiger partial charge in [0.2, 0.25) is 0 Å². The van der Waals surface area contributed by atoms with E-state index in [1.54, 1.807) is 19.9 Å². The predicted octanol–water partition coefficient (Wildman–Crippen LogP) is 3.01. The smallest absolute Gasteiger partial charge is 0.334 e. The number of allylic oxidation sites excluding steroid dienone is 1. The number of aldehydes is 1. The van der Waals surface area contributed by atoms with Crippen LogP contribution in [-0.4, -0.2) is 30.4 Å². The third-order valence-corrected chi connectivity index (χ3v) is 5.54. The summed E-state index contributed by atoms with van der Waals surface area (Å²) in [4.78, 5) is 36.4. The maximum Gasteiger partial charge on any atom is 0.334 e. The summed E-state index contributed by atoms with van der Waals surface area (Å²) in [7, 11) is 0. The molecule has 0 bridgehead atoms. The van der Waals surface area contributed by atoms with Crippen LogP contribution in [0.1, 0.15) is 33.6 Å². The zero-order valence-corrected chi connectivity index (χ0v) is 15.1. The van der Waals surface area contributed by atoms with E-state index in [1.807, 2.05) is 6.92 Å². The van der Waals surface area contributed by atoms with E-state index < -0.39 is 35.4 Å². The molecule has 6 atom stereocenters. The third kappa shape index (κ3) is 3.08. The van der Waals surface area contributed by atoms with Gasteiger partial charge in [-0.05, 0) is 13.3 Å². The van der Waals surface area contributed by atoms with Crippen molar-refractivity contribution in [2.45, 2.75) is 45.8 Å². The van der Waals surface area contributed by atoms with Crippen LogP contribution in [0.4, 0.5) is 0 Å². The second-order valence-electron chi connectivity index (χ2n) is 7.17. The number of fused-ring (bicyclic) bond motifs is 1. The Labute approximate surface area is 148 Å². The molecular weight excluding hydrogens is 320 g/mol. The summed E-state index contributed by atoms with van der Waals surface area (Å²) in [6.07, 6.45) is 1.93. The van der Waals surface area contributed by atoms with Crippen molar-refractivity contribution in [2.75, 3.05) is 0 Å². The molecular formula is C20H26O5. The lowest BCUT2D eigenvalue weighted by atomic mass is 9.59. The first-order valence-corrected chi connectivity index (χ1v) is 8.58. The van der Waals surface area contributed by atoms with Gasteiger partial charge in [0.05, 0.1) is 17.3 Å². The number of rotatable bonds is 6. The summed E-state index contributed by atoms with van der Waals surface area (Å²) >= 11 is 0. The fraction of sp³-hybridized carbons (Fsp3) is 0.550. The normalized spacial score (nSPS) is 35.3. The molecule has 1 heterocycles. The van der Waals surface area contributed by atoms with Crippen molar-refractivity contribution in [3.8, 4) is 0 Å². The van der Waals surface area contributed by atoms with Gasteiger partial charge in [-0.25, -0.2) is 4.79 Å². The Hall–Kier alpha value is -2.17. The van der Waals surface area contributed by atoms with E-state index in [2.05, 4.69) is 19.7 Å². The molecule has 0 N–H and O–H groups in total. The van der Waals surface area contributed by atoms with E-state index in [4.69, 9.17) is 9.47 Å². The summed E-state index contributed by atoms with van der Waals surface area (Å²) in [5, 5.41) is 0. The van der Waals surface area contributed by atoms with E-state index in [0.717, 1.165) is 11.9 Å². The highest BCUT2D eigenvalue weighted by molar-refractivity contribution is 5.91. The van der Waals surface area contributed by atoms with Crippen molar-refractivity contribution in [3.63, 3.8) is 0 Å². The minimum absolute atomic E-state index is 0.233. The second-order valence-corrected chi connectivity index (χ2v) is 7.17. The number of hydrogen-bond donors (Lipinski definition) is 0. The Morgan fingerprint density at radius 1 is 1.52 bits per heavy atom. The lowest BCUT2D eigenvalue weighted by molar-refractivity contribution is -0.168. The van der Waals surface area contributed by atoms with Gasteiger partial charge in [0.25, 0.3) is 0 Å². The summed E-state index contributed by atoms with van der Waals surface area (Å²) in [6, 6.07) is 0. The standard InChI is InChI=1S/C20H26O5/c1-7-12(5)18(22)24-14-9-20(8-2,10-21)16(11(3)4)17-15(14)13(6)19(23)25-17/h8,10,12,14-17H,2-3,6-7,9H2,1,4-5H3/t12-,14-,15-,16+,17-,20+/m1/s1. The van der Waals surface area contributed by atoms with Gasteiger partial charge in [0.1, 0.15) is 18.5 Å². The molecule has 1 aliphatic carbocycles. The largest absolute Gasteiger partial charge is 0.461 e. The molecule has 5 heteroatoms. The molecule has 1 saturated carbocycles. The van der Waals surface area contributed by atoms with Gasteiger partial charge in [-0.15, -0.1) is 6.58 Å². The highest BCUT2D eigenvalue weighted by Gasteiger charge is 2.59. The zero-order valence-electron chi connectivity index (χ0n) is 15.1. The third-order valence-electron chi connectivity index (χ3n) is 5.54. The maximum absolute atomic E-state index is 12.3. The Balaban J connectivity index is 2.47. The van der Waals surface area contributed by atoms with E-state index in [0.29, 0.717) is 6.42 Å². The van der Waals surface area contributed by atoms with Crippen molar-refractivity contribution in [3.05, 3.63) is 37.0 Å². The fourth-order valence-corrected chi connectivity index (χ4v) is 3.89. The Morgan fingerprint density at radius 3 is 2.64 bits per heavy atom. The van der Waals surface area contributed by atoms with Crippen LogP contribution in [0.25, 0.3) is 0 Å². The molecule has 0 aromatic heterocycles. The van der Waals surface area contributed by atoms with Crippen molar-refractivity contribution in [2.24, 2.45) is 23.2 Å². The topological polar surface area (TPSA) is 69.7 Å². The average Bonchev–Trinajstić information content (AvgIpc) is 2.87. The molecule has 0 aromatic carbocycles. The second kappa shape index (κ2) is 6.98. The van der Waals surface area contributed by atoms with E-state index in [9.17, 15) is 14.4 Å². The average molecular weight is 346 g/mol. The van der Waals surface area contributed by atoms with Gasteiger partial charge < -0.3 is 14.3 Å². The first-order valence-electron chi connectivity index (χ1n) is 8.58. The van der Waals surface area contributed by atoms with Gasteiger partial charge in [-0.3, -0.25) is 4.79 Å². The van der Waals surface area contributed by atoms with Crippen LogP contribution in [0.2, 0.25) is 0 Å². The molecule has 2 rings (SSSR count). The number of carbonyl (C=O) groups is 3. The quantitative estimate of drug-likeness (QED) is 0.320. The van der Waals surface area contributed by atoms with Gasteiger partial charge in [-0.2, -0.15) is 0 Å². The number of carbonyl (C=O) groups excluding carboxylic acids is 3. The molecule has 0 radical (unpaired) electrons. The molecule has 0 spiro atoms. The summed E-state index contributed by atoms with van der Waals surface area (Å²) in [6.45, 7) is 17.1.